The number of Topliss-reactive ketones (excluding diaryl/α,β-unsaturated/α-hetero) is 1. The lowest BCUT2D eigenvalue weighted by Crippen LogP contribution is -2.49. The van der Waals surface area contributed by atoms with Crippen LogP contribution in [0, 0.1) is 0 Å². The van der Waals surface area contributed by atoms with E-state index >= 15 is 0 Å². The Hall–Kier alpha value is -1.74. The van der Waals surface area contributed by atoms with E-state index in [-0.39, 0.29) is 5.78 Å². The predicted molar refractivity (Wildman–Crippen MR) is 76.1 cm³/mol. The van der Waals surface area contributed by atoms with Gasteiger partial charge in [-0.1, -0.05) is 25.3 Å². The van der Waals surface area contributed by atoms with Gasteiger partial charge in [-0.25, -0.2) is 0 Å². The van der Waals surface area contributed by atoms with E-state index in [1.165, 1.54) is 6.42 Å². The molecule has 0 spiro atoms. The van der Waals surface area contributed by atoms with E-state index in [2.05, 4.69) is 4.98 Å². The van der Waals surface area contributed by atoms with Gasteiger partial charge >= 0.3 is 0 Å². The van der Waals surface area contributed by atoms with Gasteiger partial charge in [0.2, 0.25) is 0 Å². The first-order valence-electron chi connectivity index (χ1n) is 6.88. The number of hydrogen-bond acceptors (Lipinski definition) is 3. The first-order chi connectivity index (χ1) is 9.19. The molecule has 1 aromatic carbocycles. The molecule has 0 amide bonds. The van der Waals surface area contributed by atoms with Crippen molar-refractivity contribution < 1.29 is 4.79 Å². The van der Waals surface area contributed by atoms with E-state index in [4.69, 9.17) is 5.73 Å². The van der Waals surface area contributed by atoms with Crippen molar-refractivity contribution in [2.75, 3.05) is 0 Å². The zero-order valence-electron chi connectivity index (χ0n) is 10.9. The zero-order valence-corrected chi connectivity index (χ0v) is 10.9. The molecular formula is C16H18N2O. The maximum absolute atomic E-state index is 12.6. The predicted octanol–water partition coefficient (Wildman–Crippen LogP) is 3.08. The second-order valence-corrected chi connectivity index (χ2v) is 5.46. The van der Waals surface area contributed by atoms with E-state index in [0.717, 1.165) is 36.6 Å². The zero-order chi connectivity index (χ0) is 13.3. The summed E-state index contributed by atoms with van der Waals surface area (Å²) < 4.78 is 0. The van der Waals surface area contributed by atoms with Crippen LogP contribution in [-0.4, -0.2) is 16.3 Å². The molecule has 98 valence electrons. The van der Waals surface area contributed by atoms with Gasteiger partial charge in [-0.3, -0.25) is 9.78 Å². The van der Waals surface area contributed by atoms with Crippen LogP contribution in [0.15, 0.2) is 36.5 Å². The number of rotatable bonds is 2. The fourth-order valence-corrected chi connectivity index (χ4v) is 2.91. The molecule has 0 saturated heterocycles. The van der Waals surface area contributed by atoms with Crippen molar-refractivity contribution in [2.24, 2.45) is 5.73 Å². The molecule has 0 radical (unpaired) electrons. The number of fused-ring (bicyclic) bond motifs is 1. The number of ketones is 1. The number of pyridine rings is 1. The molecule has 0 aliphatic heterocycles. The van der Waals surface area contributed by atoms with Crippen molar-refractivity contribution in [3.8, 4) is 0 Å². The summed E-state index contributed by atoms with van der Waals surface area (Å²) in [6, 6.07) is 9.52. The molecule has 1 heterocycles. The number of aromatic nitrogens is 1. The summed E-state index contributed by atoms with van der Waals surface area (Å²) in [6.45, 7) is 0. The molecule has 3 heteroatoms. The SMILES string of the molecule is NC1(C(=O)c2ccc3ncccc3c2)CCCCC1. The van der Waals surface area contributed by atoms with Crippen LogP contribution in [0.5, 0.6) is 0 Å². The number of nitrogens with zero attached hydrogens (tertiary/aromatic N) is 1. The van der Waals surface area contributed by atoms with E-state index < -0.39 is 5.54 Å². The maximum atomic E-state index is 12.6. The van der Waals surface area contributed by atoms with Gasteiger partial charge in [0.1, 0.15) is 0 Å². The molecule has 1 aliphatic rings. The van der Waals surface area contributed by atoms with Crippen LogP contribution in [0.2, 0.25) is 0 Å². The number of nitrogens with two attached hydrogens (primary N) is 1. The van der Waals surface area contributed by atoms with Crippen LogP contribution in [0.25, 0.3) is 10.9 Å². The summed E-state index contributed by atoms with van der Waals surface area (Å²) in [4.78, 5) is 16.9. The Labute approximate surface area is 112 Å². The van der Waals surface area contributed by atoms with Gasteiger partial charge in [-0.05, 0) is 37.1 Å². The number of carbonyl (C=O) groups is 1. The van der Waals surface area contributed by atoms with Crippen molar-refractivity contribution in [2.45, 2.75) is 37.6 Å². The molecule has 1 aromatic heterocycles. The number of carbonyl (C=O) groups excluding carboxylic acids is 1. The second-order valence-electron chi connectivity index (χ2n) is 5.46. The third-order valence-corrected chi connectivity index (χ3v) is 4.06. The van der Waals surface area contributed by atoms with Crippen molar-refractivity contribution >= 4 is 16.7 Å². The van der Waals surface area contributed by atoms with Crippen LogP contribution >= 0.6 is 0 Å². The Morgan fingerprint density at radius 1 is 1.16 bits per heavy atom. The molecule has 19 heavy (non-hydrogen) atoms. The summed E-state index contributed by atoms with van der Waals surface area (Å²) in [5, 5.41) is 0.993. The van der Waals surface area contributed by atoms with Gasteiger partial charge in [-0.2, -0.15) is 0 Å². The highest BCUT2D eigenvalue weighted by Gasteiger charge is 2.35. The topological polar surface area (TPSA) is 56.0 Å². The van der Waals surface area contributed by atoms with E-state index in [9.17, 15) is 4.79 Å². The Balaban J connectivity index is 1.97. The van der Waals surface area contributed by atoms with Crippen LogP contribution < -0.4 is 5.73 Å². The average molecular weight is 254 g/mol. The summed E-state index contributed by atoms with van der Waals surface area (Å²) in [5.41, 5.74) is 7.28. The highest BCUT2D eigenvalue weighted by atomic mass is 16.1. The first-order valence-corrected chi connectivity index (χ1v) is 6.88. The van der Waals surface area contributed by atoms with E-state index in [0.29, 0.717) is 5.56 Å². The minimum absolute atomic E-state index is 0.0814. The quantitative estimate of drug-likeness (QED) is 0.838. The molecule has 0 unspecified atom stereocenters. The monoisotopic (exact) mass is 254 g/mol. The number of benzene rings is 1. The second kappa shape index (κ2) is 4.74. The molecule has 0 atom stereocenters. The van der Waals surface area contributed by atoms with E-state index in [1.807, 2.05) is 30.3 Å². The molecule has 3 rings (SSSR count). The van der Waals surface area contributed by atoms with Crippen molar-refractivity contribution in [1.29, 1.82) is 0 Å². The highest BCUT2D eigenvalue weighted by molar-refractivity contribution is 6.05. The van der Waals surface area contributed by atoms with Gasteiger partial charge < -0.3 is 5.73 Å². The van der Waals surface area contributed by atoms with Crippen LogP contribution in [0.4, 0.5) is 0 Å². The van der Waals surface area contributed by atoms with Crippen LogP contribution in [0.3, 0.4) is 0 Å². The lowest BCUT2D eigenvalue weighted by Gasteiger charge is -2.31. The lowest BCUT2D eigenvalue weighted by molar-refractivity contribution is 0.0848. The molecule has 1 fully saturated rings. The largest absolute Gasteiger partial charge is 0.319 e. The fraction of sp³-hybridized carbons (Fsp3) is 0.375. The summed E-state index contributed by atoms with van der Waals surface area (Å²) in [5.74, 6) is 0.0814. The third-order valence-electron chi connectivity index (χ3n) is 4.06. The van der Waals surface area contributed by atoms with Gasteiger partial charge in [-0.15, -0.1) is 0 Å². The highest BCUT2D eigenvalue weighted by Crippen LogP contribution is 2.29. The molecule has 1 saturated carbocycles. The summed E-state index contributed by atoms with van der Waals surface area (Å²) in [6.07, 6.45) is 6.66. The lowest BCUT2D eigenvalue weighted by atomic mass is 9.77. The van der Waals surface area contributed by atoms with Gasteiger partial charge in [0, 0.05) is 17.1 Å². The minimum Gasteiger partial charge on any atom is -0.319 e. The first kappa shape index (κ1) is 12.3. The van der Waals surface area contributed by atoms with Gasteiger partial charge in [0.05, 0.1) is 11.1 Å². The van der Waals surface area contributed by atoms with Crippen LogP contribution in [0.1, 0.15) is 42.5 Å². The fourth-order valence-electron chi connectivity index (χ4n) is 2.91. The Morgan fingerprint density at radius 3 is 2.74 bits per heavy atom. The van der Waals surface area contributed by atoms with Gasteiger partial charge in [0.15, 0.2) is 5.78 Å². The minimum atomic E-state index is -0.659. The third kappa shape index (κ3) is 2.26. The van der Waals surface area contributed by atoms with Crippen molar-refractivity contribution in [3.63, 3.8) is 0 Å². The van der Waals surface area contributed by atoms with Crippen molar-refractivity contribution in [1.82, 2.24) is 4.98 Å². The number of hydrogen-bond donors (Lipinski definition) is 1. The molecule has 3 nitrogen and oxygen atoms in total. The van der Waals surface area contributed by atoms with E-state index in [1.54, 1.807) is 6.20 Å². The summed E-state index contributed by atoms with van der Waals surface area (Å²) in [7, 11) is 0. The molecule has 0 bridgehead atoms. The Morgan fingerprint density at radius 2 is 1.95 bits per heavy atom. The smallest absolute Gasteiger partial charge is 0.182 e. The Kier molecular flexibility index (Phi) is 3.07. The molecule has 1 aliphatic carbocycles. The standard InChI is InChI=1S/C16H18N2O/c17-16(8-2-1-3-9-16)15(19)13-6-7-14-12(11-13)5-4-10-18-14/h4-7,10-11H,1-3,8-9,17H2. The average Bonchev–Trinajstić information content (AvgIpc) is 2.47. The van der Waals surface area contributed by atoms with Crippen molar-refractivity contribution in [3.05, 3.63) is 42.1 Å². The Bertz CT molecular complexity index is 615. The molecular weight excluding hydrogens is 236 g/mol. The molecule has 2 aromatic rings. The van der Waals surface area contributed by atoms with Gasteiger partial charge in [0.25, 0.3) is 0 Å². The maximum Gasteiger partial charge on any atom is 0.182 e. The molecule has 2 N–H and O–H groups in total. The summed E-state index contributed by atoms with van der Waals surface area (Å²) >= 11 is 0. The normalized spacial score (nSPS) is 18.4. The van der Waals surface area contributed by atoms with Crippen LogP contribution in [-0.2, 0) is 0 Å².